The van der Waals surface area contributed by atoms with Gasteiger partial charge in [0.05, 0.1) is 16.9 Å². The minimum Gasteiger partial charge on any atom is -0.368 e. The van der Waals surface area contributed by atoms with Gasteiger partial charge in [0.15, 0.2) is 0 Å². The second-order valence-electron chi connectivity index (χ2n) is 5.85. The molecular formula is C17H18N8. The zero-order valence-electron chi connectivity index (χ0n) is 13.8. The van der Waals surface area contributed by atoms with Crippen molar-refractivity contribution in [1.29, 1.82) is 0 Å². The van der Waals surface area contributed by atoms with Gasteiger partial charge in [-0.1, -0.05) is 13.3 Å². The molecule has 8 nitrogen and oxygen atoms in total. The highest BCUT2D eigenvalue weighted by atomic mass is 15.2. The van der Waals surface area contributed by atoms with Crippen molar-refractivity contribution in [3.63, 3.8) is 0 Å². The average Bonchev–Trinajstić information content (AvgIpc) is 2.61. The molecule has 0 saturated heterocycles. The van der Waals surface area contributed by atoms with Gasteiger partial charge in [0.25, 0.3) is 0 Å². The summed E-state index contributed by atoms with van der Waals surface area (Å²) in [5, 5.41) is 0. The lowest BCUT2D eigenvalue weighted by Gasteiger charge is -2.31. The van der Waals surface area contributed by atoms with E-state index >= 15 is 0 Å². The topological polar surface area (TPSA) is 119 Å². The average molecular weight is 334 g/mol. The number of pyridine rings is 1. The summed E-state index contributed by atoms with van der Waals surface area (Å²) in [7, 11) is 0. The number of nitrogen functional groups attached to an aromatic ring is 1. The molecular weight excluding hydrogens is 316 g/mol. The van der Waals surface area contributed by atoms with Crippen molar-refractivity contribution in [3.05, 3.63) is 41.9 Å². The van der Waals surface area contributed by atoms with Gasteiger partial charge in [-0.05, 0) is 30.7 Å². The van der Waals surface area contributed by atoms with Crippen molar-refractivity contribution in [2.75, 3.05) is 10.6 Å². The minimum atomic E-state index is -0.133. The monoisotopic (exact) mass is 334 g/mol. The van der Waals surface area contributed by atoms with Crippen LogP contribution in [0.25, 0.3) is 11.0 Å². The first-order valence-corrected chi connectivity index (χ1v) is 8.14. The van der Waals surface area contributed by atoms with Crippen LogP contribution >= 0.6 is 0 Å². The fourth-order valence-electron chi connectivity index (χ4n) is 2.99. The zero-order valence-corrected chi connectivity index (χ0v) is 13.8. The predicted octanol–water partition coefficient (Wildman–Crippen LogP) is 1.54. The number of allylic oxidation sites excluding steroid dienone is 2. The van der Waals surface area contributed by atoms with Crippen LogP contribution in [0.2, 0.25) is 0 Å². The van der Waals surface area contributed by atoms with Crippen LogP contribution in [0.1, 0.15) is 19.0 Å². The minimum absolute atomic E-state index is 0.133. The quantitative estimate of drug-likeness (QED) is 0.879. The summed E-state index contributed by atoms with van der Waals surface area (Å²) < 4.78 is 0. The maximum Gasteiger partial charge on any atom is 0.220 e. The van der Waals surface area contributed by atoms with Crippen molar-refractivity contribution < 1.29 is 0 Å². The molecule has 2 aromatic rings. The molecule has 0 aliphatic carbocycles. The van der Waals surface area contributed by atoms with Gasteiger partial charge in [-0.25, -0.2) is 24.9 Å². The molecule has 2 aliphatic rings. The first kappa shape index (κ1) is 15.3. The Morgan fingerprint density at radius 3 is 2.88 bits per heavy atom. The van der Waals surface area contributed by atoms with Gasteiger partial charge in [-0.3, -0.25) is 0 Å². The number of hydrogen-bond donors (Lipinski definition) is 2. The number of rotatable bonds is 3. The van der Waals surface area contributed by atoms with E-state index in [1.807, 2.05) is 35.4 Å². The third-order valence-electron chi connectivity index (χ3n) is 4.08. The molecule has 0 bridgehead atoms. The molecule has 4 heterocycles. The van der Waals surface area contributed by atoms with Gasteiger partial charge >= 0.3 is 0 Å². The Labute approximate surface area is 144 Å². The Bertz CT molecular complexity index is 957. The van der Waals surface area contributed by atoms with E-state index in [1.54, 1.807) is 6.21 Å². The van der Waals surface area contributed by atoms with Crippen LogP contribution in [0.5, 0.6) is 0 Å². The van der Waals surface area contributed by atoms with Crippen LogP contribution in [0.4, 0.5) is 11.8 Å². The molecule has 0 saturated carbocycles. The molecule has 2 aromatic heterocycles. The number of nitrogens with two attached hydrogens (primary N) is 2. The molecule has 1 unspecified atom stereocenters. The molecule has 0 fully saturated rings. The van der Waals surface area contributed by atoms with Gasteiger partial charge < -0.3 is 16.4 Å². The summed E-state index contributed by atoms with van der Waals surface area (Å²) in [4.78, 5) is 23.9. The molecule has 25 heavy (non-hydrogen) atoms. The van der Waals surface area contributed by atoms with Crippen LogP contribution in [0.3, 0.4) is 0 Å². The fourth-order valence-corrected chi connectivity index (χ4v) is 2.99. The van der Waals surface area contributed by atoms with E-state index < -0.39 is 0 Å². The Kier molecular flexibility index (Phi) is 3.64. The van der Waals surface area contributed by atoms with E-state index in [1.165, 1.54) is 0 Å². The lowest BCUT2D eigenvalue weighted by atomic mass is 10.1. The molecule has 0 aromatic carbocycles. The number of fused-ring (bicyclic) bond motifs is 2. The summed E-state index contributed by atoms with van der Waals surface area (Å²) in [5.41, 5.74) is 14.7. The summed E-state index contributed by atoms with van der Waals surface area (Å²) >= 11 is 0. The zero-order chi connectivity index (χ0) is 17.4. The Morgan fingerprint density at radius 1 is 1.16 bits per heavy atom. The number of aliphatic imine (C=N–C) groups is 2. The summed E-state index contributed by atoms with van der Waals surface area (Å²) in [5.74, 6) is 1.31. The Balaban J connectivity index is 1.79. The molecule has 0 radical (unpaired) electrons. The molecule has 4 N–H and O–H groups in total. The third-order valence-corrected chi connectivity index (χ3v) is 4.08. The highest BCUT2D eigenvalue weighted by Crippen LogP contribution is 2.27. The summed E-state index contributed by atoms with van der Waals surface area (Å²) in [6.45, 7) is 2.10. The van der Waals surface area contributed by atoms with Crippen LogP contribution in [-0.2, 0) is 6.42 Å². The van der Waals surface area contributed by atoms with E-state index in [0.717, 1.165) is 41.1 Å². The molecule has 126 valence electrons. The third kappa shape index (κ3) is 2.71. The lowest BCUT2D eigenvalue weighted by Crippen LogP contribution is -2.38. The van der Waals surface area contributed by atoms with E-state index in [0.29, 0.717) is 0 Å². The first-order valence-electron chi connectivity index (χ1n) is 8.14. The van der Waals surface area contributed by atoms with Crippen LogP contribution < -0.4 is 16.4 Å². The first-order chi connectivity index (χ1) is 12.2. The number of nitrogens with zero attached hydrogens (tertiary/aromatic N) is 6. The predicted molar refractivity (Wildman–Crippen MR) is 99.3 cm³/mol. The normalized spacial score (nSPS) is 18.9. The summed E-state index contributed by atoms with van der Waals surface area (Å²) in [6, 6.07) is 3.69. The smallest absolute Gasteiger partial charge is 0.220 e. The van der Waals surface area contributed by atoms with E-state index in [9.17, 15) is 0 Å². The highest BCUT2D eigenvalue weighted by molar-refractivity contribution is 5.94. The SMILES string of the molecule is CCCc1nc(N)nc2ccc(N3C=CC=C4N=C(N)N=CC43)nc12. The standard InChI is InChI=1S/C17H18N8/c1-2-4-11-15-12(23-17(19)22-11)6-7-14(24-15)25-8-3-5-10-13(25)9-20-16(18)21-10/h3,5-9,13H,2,4H2,1H3,(H2,18,21)(H2,19,22,23). The molecule has 0 amide bonds. The molecule has 2 aliphatic heterocycles. The molecule has 0 spiro atoms. The molecule has 8 heteroatoms. The number of guanidine groups is 1. The molecule has 1 atom stereocenters. The second kappa shape index (κ2) is 5.97. The number of aromatic nitrogens is 3. The summed E-state index contributed by atoms with van der Waals surface area (Å²) in [6.07, 6.45) is 9.31. The highest BCUT2D eigenvalue weighted by Gasteiger charge is 2.25. The van der Waals surface area contributed by atoms with Crippen molar-refractivity contribution in [2.24, 2.45) is 15.7 Å². The van der Waals surface area contributed by atoms with E-state index in [4.69, 9.17) is 16.5 Å². The van der Waals surface area contributed by atoms with Crippen molar-refractivity contribution in [1.82, 2.24) is 15.0 Å². The largest absolute Gasteiger partial charge is 0.368 e. The van der Waals surface area contributed by atoms with Crippen molar-refractivity contribution in [3.8, 4) is 0 Å². The Hall–Kier alpha value is -3.29. The Morgan fingerprint density at radius 2 is 2.04 bits per heavy atom. The van der Waals surface area contributed by atoms with Crippen molar-refractivity contribution >= 4 is 35.0 Å². The van der Waals surface area contributed by atoms with Crippen LogP contribution in [0.15, 0.2) is 46.2 Å². The van der Waals surface area contributed by atoms with Crippen LogP contribution in [-0.4, -0.2) is 33.2 Å². The number of aryl methyl sites for hydroxylation is 1. The van der Waals surface area contributed by atoms with Crippen molar-refractivity contribution in [2.45, 2.75) is 25.8 Å². The lowest BCUT2D eigenvalue weighted by molar-refractivity contribution is 0.868. The van der Waals surface area contributed by atoms with E-state index in [2.05, 4.69) is 26.9 Å². The maximum atomic E-state index is 5.81. The fraction of sp³-hybridized carbons (Fsp3) is 0.235. The number of hydrogen-bond acceptors (Lipinski definition) is 8. The van der Waals surface area contributed by atoms with Gasteiger partial charge in [-0.2, -0.15) is 0 Å². The second-order valence-corrected chi connectivity index (χ2v) is 5.85. The van der Waals surface area contributed by atoms with Gasteiger partial charge in [-0.15, -0.1) is 0 Å². The van der Waals surface area contributed by atoms with Crippen LogP contribution in [0, 0.1) is 0 Å². The van der Waals surface area contributed by atoms with Gasteiger partial charge in [0.1, 0.15) is 17.4 Å². The van der Waals surface area contributed by atoms with Gasteiger partial charge in [0.2, 0.25) is 11.9 Å². The van der Waals surface area contributed by atoms with Gasteiger partial charge in [0, 0.05) is 12.4 Å². The van der Waals surface area contributed by atoms with E-state index in [-0.39, 0.29) is 17.9 Å². The molecule has 4 rings (SSSR count). The number of anilines is 2. The maximum absolute atomic E-state index is 5.81.